The molecule has 0 aliphatic carbocycles. The second kappa shape index (κ2) is 8.34. The lowest BCUT2D eigenvalue weighted by molar-refractivity contribution is 0.102. The molecule has 0 saturated carbocycles. The number of hydrogen-bond acceptors (Lipinski definition) is 4. The average Bonchev–Trinajstić information content (AvgIpc) is 2.56. The highest BCUT2D eigenvalue weighted by Gasteiger charge is 2.22. The smallest absolute Gasteiger partial charge is 0.288 e. The highest BCUT2D eigenvalue weighted by Crippen LogP contribution is 2.27. The summed E-state index contributed by atoms with van der Waals surface area (Å²) in [4.78, 5) is 12.5. The van der Waals surface area contributed by atoms with Gasteiger partial charge in [0.25, 0.3) is 11.7 Å². The zero-order chi connectivity index (χ0) is 19.5. The second-order valence-electron chi connectivity index (χ2n) is 5.29. The third kappa shape index (κ3) is 4.94. The number of sulfonamides is 1. The zero-order valence-corrected chi connectivity index (χ0v) is 16.1. The third-order valence-corrected chi connectivity index (χ3v) is 6.31. The number of anilines is 1. The fourth-order valence-corrected chi connectivity index (χ4v) is 3.85. The molecule has 10 heteroatoms. The Hall–Kier alpha value is -1.68. The van der Waals surface area contributed by atoms with Crippen LogP contribution in [-0.4, -0.2) is 38.5 Å². The molecule has 5 nitrogen and oxygen atoms in total. The summed E-state index contributed by atoms with van der Waals surface area (Å²) in [6.07, 6.45) is 0. The predicted octanol–water partition coefficient (Wildman–Crippen LogP) is 4.16. The zero-order valence-electron chi connectivity index (χ0n) is 13.7. The van der Waals surface area contributed by atoms with E-state index >= 15 is 0 Å². The topological polar surface area (TPSA) is 66.5 Å². The van der Waals surface area contributed by atoms with Crippen LogP contribution in [0, 0.1) is 0 Å². The summed E-state index contributed by atoms with van der Waals surface area (Å²) in [5.41, 5.74) is 0.487. The van der Waals surface area contributed by atoms with Crippen LogP contribution >= 0.6 is 23.4 Å². The highest BCUT2D eigenvalue weighted by atomic mass is 35.5. The molecule has 0 aliphatic heterocycles. The molecule has 0 heterocycles. The van der Waals surface area contributed by atoms with E-state index in [9.17, 15) is 22.0 Å². The molecule has 1 amide bonds. The van der Waals surface area contributed by atoms with Gasteiger partial charge in [-0.1, -0.05) is 23.4 Å². The number of carbonyl (C=O) groups excluding carboxylic acids is 1. The maximum atomic E-state index is 12.3. The van der Waals surface area contributed by atoms with Crippen LogP contribution < -0.4 is 5.32 Å². The van der Waals surface area contributed by atoms with Crippen LogP contribution in [0.25, 0.3) is 0 Å². The number of nitrogens with one attached hydrogen (secondary N) is 1. The Morgan fingerprint density at radius 3 is 2.31 bits per heavy atom. The van der Waals surface area contributed by atoms with E-state index in [1.807, 2.05) is 0 Å². The van der Waals surface area contributed by atoms with Crippen molar-refractivity contribution in [2.75, 3.05) is 19.4 Å². The number of hydrogen-bond donors (Lipinski definition) is 1. The van der Waals surface area contributed by atoms with Gasteiger partial charge in [-0.15, -0.1) is 0 Å². The lowest BCUT2D eigenvalue weighted by Crippen LogP contribution is -2.23. The fourth-order valence-electron chi connectivity index (χ4n) is 1.96. The van der Waals surface area contributed by atoms with Crippen molar-refractivity contribution in [3.05, 3.63) is 53.1 Å². The number of rotatable bonds is 6. The van der Waals surface area contributed by atoms with Crippen molar-refractivity contribution in [3.8, 4) is 0 Å². The van der Waals surface area contributed by atoms with Crippen LogP contribution in [0.1, 0.15) is 10.4 Å². The molecule has 0 radical (unpaired) electrons. The first-order valence-electron chi connectivity index (χ1n) is 7.19. The summed E-state index contributed by atoms with van der Waals surface area (Å²) in [7, 11) is -1.09. The van der Waals surface area contributed by atoms with Gasteiger partial charge in [0.2, 0.25) is 10.0 Å². The summed E-state index contributed by atoms with van der Waals surface area (Å²) in [5, 5.41) is 2.58. The number of benzene rings is 2. The van der Waals surface area contributed by atoms with Crippen LogP contribution in [0.2, 0.25) is 5.02 Å². The molecular formula is C16H15ClF2N2O3S2. The molecule has 2 aromatic carbocycles. The van der Waals surface area contributed by atoms with Crippen LogP contribution in [0.5, 0.6) is 0 Å². The molecule has 0 saturated heterocycles. The van der Waals surface area contributed by atoms with Crippen molar-refractivity contribution in [2.45, 2.75) is 15.5 Å². The monoisotopic (exact) mass is 420 g/mol. The molecule has 2 aromatic rings. The van der Waals surface area contributed by atoms with Gasteiger partial charge in [0, 0.05) is 30.2 Å². The Labute approximate surface area is 159 Å². The Morgan fingerprint density at radius 2 is 1.77 bits per heavy atom. The SMILES string of the molecule is CN(C)S(=O)(=O)c1cc(C(=O)Nc2ccc(SC(F)F)cc2)ccc1Cl. The third-order valence-electron chi connectivity index (χ3n) is 3.29. The molecule has 140 valence electrons. The molecule has 0 atom stereocenters. The lowest BCUT2D eigenvalue weighted by atomic mass is 10.2. The Morgan fingerprint density at radius 1 is 1.15 bits per heavy atom. The van der Waals surface area contributed by atoms with E-state index in [1.165, 1.54) is 56.6 Å². The fraction of sp³-hybridized carbons (Fsp3) is 0.188. The number of alkyl halides is 2. The van der Waals surface area contributed by atoms with E-state index in [0.29, 0.717) is 22.3 Å². The number of amides is 1. The molecule has 0 fully saturated rings. The summed E-state index contributed by atoms with van der Waals surface area (Å²) in [6, 6.07) is 9.79. The minimum atomic E-state index is -3.81. The van der Waals surface area contributed by atoms with Gasteiger partial charge in [0.1, 0.15) is 4.90 Å². The summed E-state index contributed by atoms with van der Waals surface area (Å²) < 4.78 is 50.1. The summed E-state index contributed by atoms with van der Waals surface area (Å²) in [5.74, 6) is -3.08. The Kier molecular flexibility index (Phi) is 6.62. The first-order chi connectivity index (χ1) is 12.1. The minimum Gasteiger partial charge on any atom is -0.322 e. The van der Waals surface area contributed by atoms with Gasteiger partial charge in [0.05, 0.1) is 5.02 Å². The van der Waals surface area contributed by atoms with E-state index in [2.05, 4.69) is 5.32 Å². The van der Waals surface area contributed by atoms with Crippen molar-refractivity contribution >= 4 is 45.0 Å². The van der Waals surface area contributed by atoms with E-state index in [4.69, 9.17) is 11.6 Å². The molecule has 0 aromatic heterocycles. The molecule has 26 heavy (non-hydrogen) atoms. The summed E-state index contributed by atoms with van der Waals surface area (Å²) in [6.45, 7) is 0. The van der Waals surface area contributed by atoms with E-state index in [-0.39, 0.29) is 15.5 Å². The Balaban J connectivity index is 2.23. The van der Waals surface area contributed by atoms with Crippen molar-refractivity contribution in [2.24, 2.45) is 0 Å². The van der Waals surface area contributed by atoms with Crippen molar-refractivity contribution in [1.82, 2.24) is 4.31 Å². The molecule has 0 unspecified atom stereocenters. The number of thioether (sulfide) groups is 1. The lowest BCUT2D eigenvalue weighted by Gasteiger charge is -2.14. The van der Waals surface area contributed by atoms with E-state index in [0.717, 1.165) is 4.31 Å². The average molecular weight is 421 g/mol. The van der Waals surface area contributed by atoms with E-state index in [1.54, 1.807) is 0 Å². The molecule has 0 bridgehead atoms. The molecule has 0 aliphatic rings. The van der Waals surface area contributed by atoms with E-state index < -0.39 is 21.7 Å². The first kappa shape index (κ1) is 20.6. The van der Waals surface area contributed by atoms with Gasteiger partial charge in [-0.05, 0) is 42.5 Å². The number of halogens is 3. The molecule has 0 spiro atoms. The van der Waals surface area contributed by atoms with Crippen LogP contribution in [-0.2, 0) is 10.0 Å². The highest BCUT2D eigenvalue weighted by molar-refractivity contribution is 7.99. The number of nitrogens with zero attached hydrogens (tertiary/aromatic N) is 1. The maximum absolute atomic E-state index is 12.3. The summed E-state index contributed by atoms with van der Waals surface area (Å²) >= 11 is 6.35. The van der Waals surface area contributed by atoms with Crippen molar-refractivity contribution < 1.29 is 22.0 Å². The van der Waals surface area contributed by atoms with Crippen molar-refractivity contribution in [3.63, 3.8) is 0 Å². The van der Waals surface area contributed by atoms with Gasteiger partial charge in [0.15, 0.2) is 0 Å². The largest absolute Gasteiger partial charge is 0.322 e. The standard InChI is InChI=1S/C16H15ClF2N2O3S2/c1-21(2)26(23,24)14-9-10(3-8-13(14)17)15(22)20-11-4-6-12(7-5-11)25-16(18)19/h3-9,16H,1-2H3,(H,20,22). The van der Waals surface area contributed by atoms with Gasteiger partial charge >= 0.3 is 0 Å². The van der Waals surface area contributed by atoms with Gasteiger partial charge in [-0.2, -0.15) is 8.78 Å². The normalized spacial score (nSPS) is 11.8. The predicted molar refractivity (Wildman–Crippen MR) is 98.6 cm³/mol. The second-order valence-corrected chi connectivity index (χ2v) is 8.88. The molecule has 2 rings (SSSR count). The molecular weight excluding hydrogens is 406 g/mol. The first-order valence-corrected chi connectivity index (χ1v) is 9.89. The molecule has 1 N–H and O–H groups in total. The quantitative estimate of drug-likeness (QED) is 0.712. The van der Waals surface area contributed by atoms with Crippen molar-refractivity contribution in [1.29, 1.82) is 0 Å². The Bertz CT molecular complexity index is 904. The van der Waals surface area contributed by atoms with Crippen LogP contribution in [0.15, 0.2) is 52.3 Å². The maximum Gasteiger partial charge on any atom is 0.288 e. The number of carbonyl (C=O) groups is 1. The van der Waals surface area contributed by atoms with Crippen LogP contribution in [0.4, 0.5) is 14.5 Å². The van der Waals surface area contributed by atoms with Crippen LogP contribution in [0.3, 0.4) is 0 Å². The van der Waals surface area contributed by atoms with Gasteiger partial charge < -0.3 is 5.32 Å². The van der Waals surface area contributed by atoms with Gasteiger partial charge in [-0.3, -0.25) is 4.79 Å². The van der Waals surface area contributed by atoms with Gasteiger partial charge in [-0.25, -0.2) is 12.7 Å². The minimum absolute atomic E-state index is 0.00336.